The SMILES string of the molecule is CCCOC(=O)Oc1ccc(C[C@](N)(CCOC(=O)CC(C)CC)C(=O)OC)cc1OC(=O)OCCC. The van der Waals surface area contributed by atoms with Crippen molar-refractivity contribution in [3.63, 3.8) is 0 Å². The highest BCUT2D eigenvalue weighted by Crippen LogP contribution is 2.31. The second-order valence-electron chi connectivity index (χ2n) is 8.69. The molecule has 0 aliphatic heterocycles. The lowest BCUT2D eigenvalue weighted by Gasteiger charge is -2.27. The second kappa shape index (κ2) is 16.4. The van der Waals surface area contributed by atoms with E-state index in [9.17, 15) is 19.2 Å². The van der Waals surface area contributed by atoms with Gasteiger partial charge in [0.1, 0.15) is 5.54 Å². The molecule has 2 N–H and O–H groups in total. The van der Waals surface area contributed by atoms with Crippen molar-refractivity contribution in [2.24, 2.45) is 11.7 Å². The number of hydrogen-bond donors (Lipinski definition) is 1. The number of ether oxygens (including phenoxy) is 6. The molecule has 1 aromatic carbocycles. The molecule has 0 bridgehead atoms. The Morgan fingerprint density at radius 2 is 1.49 bits per heavy atom. The number of rotatable bonds is 15. The fourth-order valence-corrected chi connectivity index (χ4v) is 3.10. The Labute approximate surface area is 217 Å². The van der Waals surface area contributed by atoms with Gasteiger partial charge in [0.05, 0.1) is 26.9 Å². The summed E-state index contributed by atoms with van der Waals surface area (Å²) < 4.78 is 30.4. The average molecular weight is 526 g/mol. The van der Waals surface area contributed by atoms with Crippen molar-refractivity contribution >= 4 is 24.2 Å². The summed E-state index contributed by atoms with van der Waals surface area (Å²) in [6, 6.07) is 4.33. The predicted molar refractivity (Wildman–Crippen MR) is 133 cm³/mol. The van der Waals surface area contributed by atoms with E-state index in [1.165, 1.54) is 19.2 Å². The van der Waals surface area contributed by atoms with Crippen LogP contribution in [0.2, 0.25) is 0 Å². The van der Waals surface area contributed by atoms with Crippen LogP contribution in [0.1, 0.15) is 65.4 Å². The predicted octanol–water partition coefficient (Wildman–Crippen LogP) is 4.32. The first-order chi connectivity index (χ1) is 17.6. The average Bonchev–Trinajstić information content (AvgIpc) is 2.86. The number of esters is 2. The molecule has 0 aromatic heterocycles. The Hall–Kier alpha value is -3.34. The van der Waals surface area contributed by atoms with Gasteiger partial charge in [0.25, 0.3) is 0 Å². The summed E-state index contributed by atoms with van der Waals surface area (Å²) >= 11 is 0. The van der Waals surface area contributed by atoms with E-state index in [1.54, 1.807) is 6.07 Å². The van der Waals surface area contributed by atoms with Crippen molar-refractivity contribution in [1.29, 1.82) is 0 Å². The van der Waals surface area contributed by atoms with Crippen molar-refractivity contribution in [1.82, 2.24) is 0 Å². The minimum Gasteiger partial charge on any atom is -0.468 e. The summed E-state index contributed by atoms with van der Waals surface area (Å²) in [4.78, 5) is 48.6. The van der Waals surface area contributed by atoms with E-state index in [0.717, 1.165) is 6.42 Å². The van der Waals surface area contributed by atoms with Crippen molar-refractivity contribution in [2.75, 3.05) is 26.9 Å². The van der Waals surface area contributed by atoms with Crippen LogP contribution in [0.4, 0.5) is 9.59 Å². The van der Waals surface area contributed by atoms with Crippen LogP contribution >= 0.6 is 0 Å². The molecule has 0 amide bonds. The van der Waals surface area contributed by atoms with E-state index in [-0.39, 0.29) is 62.5 Å². The van der Waals surface area contributed by atoms with E-state index in [0.29, 0.717) is 18.4 Å². The molecule has 0 fully saturated rings. The van der Waals surface area contributed by atoms with Crippen LogP contribution in [0.25, 0.3) is 0 Å². The molecule has 2 atom stereocenters. The number of hydrogen-bond acceptors (Lipinski definition) is 11. The van der Waals surface area contributed by atoms with Gasteiger partial charge in [-0.1, -0.05) is 40.2 Å². The van der Waals surface area contributed by atoms with Crippen LogP contribution in [0.5, 0.6) is 11.5 Å². The van der Waals surface area contributed by atoms with Gasteiger partial charge in [0.15, 0.2) is 11.5 Å². The van der Waals surface area contributed by atoms with Crippen LogP contribution in [0, 0.1) is 5.92 Å². The van der Waals surface area contributed by atoms with Crippen molar-refractivity contribution < 1.29 is 47.6 Å². The maximum Gasteiger partial charge on any atom is 0.513 e. The molecule has 11 heteroatoms. The smallest absolute Gasteiger partial charge is 0.468 e. The van der Waals surface area contributed by atoms with Gasteiger partial charge in [-0.3, -0.25) is 9.59 Å². The molecular weight excluding hydrogens is 486 g/mol. The topological polar surface area (TPSA) is 150 Å². The Bertz CT molecular complexity index is 903. The lowest BCUT2D eigenvalue weighted by Crippen LogP contribution is -2.51. The summed E-state index contributed by atoms with van der Waals surface area (Å²) in [5.41, 5.74) is 5.30. The van der Waals surface area contributed by atoms with Crippen LogP contribution in [-0.2, 0) is 35.0 Å². The molecule has 1 rings (SSSR count). The normalized spacial score (nSPS) is 13.0. The van der Waals surface area contributed by atoms with Crippen molar-refractivity contribution in [3.05, 3.63) is 23.8 Å². The molecule has 0 aliphatic rings. The Morgan fingerprint density at radius 3 is 2.03 bits per heavy atom. The lowest BCUT2D eigenvalue weighted by atomic mass is 9.88. The Kier molecular flexibility index (Phi) is 14.1. The zero-order valence-electron chi connectivity index (χ0n) is 22.3. The molecule has 1 aromatic rings. The minimum absolute atomic E-state index is 0.0117. The molecule has 37 heavy (non-hydrogen) atoms. The van der Waals surface area contributed by atoms with Crippen LogP contribution in [0.3, 0.4) is 0 Å². The quantitative estimate of drug-likeness (QED) is 0.198. The van der Waals surface area contributed by atoms with Gasteiger partial charge in [-0.05, 0) is 36.5 Å². The van der Waals surface area contributed by atoms with E-state index < -0.39 is 23.8 Å². The molecule has 1 unspecified atom stereocenters. The first kappa shape index (κ1) is 31.7. The summed E-state index contributed by atoms with van der Waals surface area (Å²) in [7, 11) is 1.20. The molecule has 0 saturated heterocycles. The molecule has 0 aliphatic carbocycles. The molecular formula is C26H39NO10. The van der Waals surface area contributed by atoms with Crippen molar-refractivity contribution in [2.45, 2.75) is 71.8 Å². The van der Waals surface area contributed by atoms with E-state index in [2.05, 4.69) is 0 Å². The zero-order chi connectivity index (χ0) is 27.8. The lowest BCUT2D eigenvalue weighted by molar-refractivity contribution is -0.151. The molecule has 208 valence electrons. The number of methoxy groups -OCH3 is 1. The fraction of sp³-hybridized carbons (Fsp3) is 0.615. The van der Waals surface area contributed by atoms with E-state index >= 15 is 0 Å². The zero-order valence-corrected chi connectivity index (χ0v) is 22.3. The second-order valence-corrected chi connectivity index (χ2v) is 8.69. The van der Waals surface area contributed by atoms with E-state index in [1.807, 2.05) is 27.7 Å². The maximum absolute atomic E-state index is 12.6. The molecule has 0 heterocycles. The Balaban J connectivity index is 3.09. The monoisotopic (exact) mass is 525 g/mol. The van der Waals surface area contributed by atoms with Crippen LogP contribution in [-0.4, -0.2) is 56.7 Å². The third-order valence-electron chi connectivity index (χ3n) is 5.38. The van der Waals surface area contributed by atoms with Crippen LogP contribution < -0.4 is 15.2 Å². The molecule has 11 nitrogen and oxygen atoms in total. The largest absolute Gasteiger partial charge is 0.513 e. The number of nitrogens with two attached hydrogens (primary N) is 1. The summed E-state index contributed by atoms with van der Waals surface area (Å²) in [6.45, 7) is 7.77. The summed E-state index contributed by atoms with van der Waals surface area (Å²) in [5, 5.41) is 0. The first-order valence-corrected chi connectivity index (χ1v) is 12.4. The fourth-order valence-electron chi connectivity index (χ4n) is 3.10. The number of benzene rings is 1. The van der Waals surface area contributed by atoms with Gasteiger partial charge in [0, 0.05) is 19.3 Å². The summed E-state index contributed by atoms with van der Waals surface area (Å²) in [5.74, 6) is -1.12. The molecule has 0 saturated carbocycles. The third kappa shape index (κ3) is 11.5. The van der Waals surface area contributed by atoms with E-state index in [4.69, 9.17) is 34.2 Å². The van der Waals surface area contributed by atoms with Gasteiger partial charge < -0.3 is 34.2 Å². The standard InChI is InChI=1S/C26H39NO10/c1-6-12-34-24(30)36-20-10-9-19(16-21(20)37-25(31)35-13-7-2)17-26(27,23(29)32-5)11-14-33-22(28)15-18(4)8-3/h9-10,16,18H,6-8,11-15,17,27H2,1-5H3/t18?,26-/m1/s1. The van der Waals surface area contributed by atoms with Crippen molar-refractivity contribution in [3.8, 4) is 11.5 Å². The van der Waals surface area contributed by atoms with Gasteiger partial charge in [0.2, 0.25) is 0 Å². The highest BCUT2D eigenvalue weighted by atomic mass is 16.7. The summed E-state index contributed by atoms with van der Waals surface area (Å²) in [6.07, 6.45) is 0.257. The van der Waals surface area contributed by atoms with Gasteiger partial charge in [-0.25, -0.2) is 9.59 Å². The Morgan fingerprint density at radius 1 is 0.892 bits per heavy atom. The first-order valence-electron chi connectivity index (χ1n) is 12.4. The number of carbonyl (C=O) groups excluding carboxylic acids is 4. The third-order valence-corrected chi connectivity index (χ3v) is 5.38. The highest BCUT2D eigenvalue weighted by Gasteiger charge is 2.36. The van der Waals surface area contributed by atoms with Gasteiger partial charge >= 0.3 is 24.2 Å². The highest BCUT2D eigenvalue weighted by molar-refractivity contribution is 5.81. The van der Waals surface area contributed by atoms with Gasteiger partial charge in [-0.2, -0.15) is 0 Å². The van der Waals surface area contributed by atoms with Gasteiger partial charge in [-0.15, -0.1) is 0 Å². The maximum atomic E-state index is 12.6. The van der Waals surface area contributed by atoms with Crippen LogP contribution in [0.15, 0.2) is 18.2 Å². The minimum atomic E-state index is -1.55. The molecule has 0 radical (unpaired) electrons. The molecule has 0 spiro atoms. The number of carbonyl (C=O) groups is 4.